The van der Waals surface area contributed by atoms with Crippen LogP contribution in [0.15, 0.2) is 28.7 Å². The maximum Gasteiger partial charge on any atom is 0.0908 e. The van der Waals surface area contributed by atoms with Gasteiger partial charge in [0.15, 0.2) is 0 Å². The van der Waals surface area contributed by atoms with E-state index < -0.39 is 5.60 Å². The summed E-state index contributed by atoms with van der Waals surface area (Å²) < 4.78 is 6.42. The summed E-state index contributed by atoms with van der Waals surface area (Å²) in [6.07, 6.45) is 2.57. The van der Waals surface area contributed by atoms with Crippen LogP contribution in [0.2, 0.25) is 0 Å². The van der Waals surface area contributed by atoms with Crippen LogP contribution in [0, 0.1) is 0 Å². The highest BCUT2D eigenvalue weighted by molar-refractivity contribution is 9.10. The van der Waals surface area contributed by atoms with E-state index in [9.17, 15) is 5.11 Å². The largest absolute Gasteiger partial charge is 1.00 e. The molecule has 1 heterocycles. The van der Waals surface area contributed by atoms with Gasteiger partial charge in [-0.3, -0.25) is 4.90 Å². The number of rotatable bonds is 6. The highest BCUT2D eigenvalue weighted by Gasteiger charge is 2.29. The van der Waals surface area contributed by atoms with E-state index in [0.717, 1.165) is 62.1 Å². The van der Waals surface area contributed by atoms with Gasteiger partial charge in [-0.1, -0.05) is 41.4 Å². The summed E-state index contributed by atoms with van der Waals surface area (Å²) in [6, 6.07) is 8.06. The van der Waals surface area contributed by atoms with Crippen LogP contribution in [0.5, 0.6) is 0 Å². The molecule has 1 atom stereocenters. The third kappa shape index (κ3) is 5.53. The number of aliphatic hydroxyl groups is 1. The minimum Gasteiger partial charge on any atom is -1.00 e. The predicted molar refractivity (Wildman–Crippen MR) is 84.8 cm³/mol. The maximum absolute atomic E-state index is 11.0. The molecule has 120 valence electrons. The lowest BCUT2D eigenvalue weighted by Crippen LogP contribution is -3.00. The van der Waals surface area contributed by atoms with Gasteiger partial charge in [0.25, 0.3) is 0 Å². The summed E-state index contributed by atoms with van der Waals surface area (Å²) in [6.45, 7) is 6.62. The first-order valence-corrected chi connectivity index (χ1v) is 8.22. The number of ether oxygens (including phenoxy) is 1. The number of hydrogen-bond donors (Lipinski definition) is 1. The lowest BCUT2D eigenvalue weighted by atomic mass is 9.86. The van der Waals surface area contributed by atoms with E-state index in [1.54, 1.807) is 0 Å². The van der Waals surface area contributed by atoms with Gasteiger partial charge in [-0.05, 0) is 30.5 Å². The highest BCUT2D eigenvalue weighted by atomic mass is 79.9. The fourth-order valence-corrected chi connectivity index (χ4v) is 3.02. The molecule has 3 nitrogen and oxygen atoms in total. The molecule has 0 spiro atoms. The molecule has 0 aliphatic carbocycles. The standard InChI is InChI=1S/C16H24BrNO2.ClH/c1-2-7-16(19,14-3-5-15(17)6-4-14)8-9-18-10-12-20-13-11-18;/h3-6,19H,2,7-13H2,1H3;1H/p-1. The molecule has 1 aromatic carbocycles. The van der Waals surface area contributed by atoms with Gasteiger partial charge in [0.05, 0.1) is 18.8 Å². The summed E-state index contributed by atoms with van der Waals surface area (Å²) in [7, 11) is 0. The second kappa shape index (κ2) is 9.11. The Morgan fingerprint density at radius 2 is 1.81 bits per heavy atom. The Morgan fingerprint density at radius 1 is 1.19 bits per heavy atom. The zero-order chi connectivity index (χ0) is 14.4. The van der Waals surface area contributed by atoms with Gasteiger partial charge in [0, 0.05) is 24.1 Å². The normalized spacial score (nSPS) is 18.8. The Morgan fingerprint density at radius 3 is 2.38 bits per heavy atom. The van der Waals surface area contributed by atoms with Gasteiger partial charge in [-0.2, -0.15) is 0 Å². The molecular weight excluding hydrogens is 354 g/mol. The van der Waals surface area contributed by atoms with Gasteiger partial charge < -0.3 is 22.3 Å². The van der Waals surface area contributed by atoms with Crippen LogP contribution in [-0.2, 0) is 10.3 Å². The number of halogens is 2. The number of hydrogen-bond acceptors (Lipinski definition) is 3. The lowest BCUT2D eigenvalue weighted by Gasteiger charge is -2.33. The summed E-state index contributed by atoms with van der Waals surface area (Å²) >= 11 is 3.45. The van der Waals surface area contributed by atoms with Crippen LogP contribution in [0.3, 0.4) is 0 Å². The van der Waals surface area contributed by atoms with E-state index in [-0.39, 0.29) is 12.4 Å². The predicted octanol–water partition coefficient (Wildman–Crippen LogP) is 0.163. The first-order chi connectivity index (χ1) is 9.64. The molecule has 0 saturated carbocycles. The minimum atomic E-state index is -0.715. The average Bonchev–Trinajstić information content (AvgIpc) is 2.47. The van der Waals surface area contributed by atoms with Crippen molar-refractivity contribution < 1.29 is 22.3 Å². The van der Waals surface area contributed by atoms with Crippen molar-refractivity contribution in [2.75, 3.05) is 32.8 Å². The van der Waals surface area contributed by atoms with Crippen molar-refractivity contribution in [1.82, 2.24) is 4.90 Å². The molecular formula is C16H24BrClNO2-. The molecule has 0 bridgehead atoms. The van der Waals surface area contributed by atoms with Gasteiger partial charge in [0.2, 0.25) is 0 Å². The average molecular weight is 378 g/mol. The topological polar surface area (TPSA) is 32.7 Å². The number of benzene rings is 1. The first kappa shape index (κ1) is 18.9. The van der Waals surface area contributed by atoms with Gasteiger partial charge in [0.1, 0.15) is 0 Å². The molecule has 1 aromatic rings. The molecule has 0 amide bonds. The van der Waals surface area contributed by atoms with E-state index in [4.69, 9.17) is 4.74 Å². The Hall–Kier alpha value is -0.130. The molecule has 21 heavy (non-hydrogen) atoms. The van der Waals surface area contributed by atoms with Crippen LogP contribution >= 0.6 is 15.9 Å². The van der Waals surface area contributed by atoms with Crippen LogP contribution in [-0.4, -0.2) is 42.9 Å². The smallest absolute Gasteiger partial charge is 0.0908 e. The third-order valence-electron chi connectivity index (χ3n) is 3.99. The maximum atomic E-state index is 11.0. The second-order valence-electron chi connectivity index (χ2n) is 5.49. The van der Waals surface area contributed by atoms with Crippen LogP contribution in [0.25, 0.3) is 0 Å². The Bertz CT molecular complexity index is 409. The van der Waals surface area contributed by atoms with Gasteiger partial charge >= 0.3 is 0 Å². The van der Waals surface area contributed by atoms with Crippen LogP contribution < -0.4 is 12.4 Å². The van der Waals surface area contributed by atoms with Crippen molar-refractivity contribution in [3.63, 3.8) is 0 Å². The molecule has 1 unspecified atom stereocenters. The van der Waals surface area contributed by atoms with Crippen LogP contribution in [0.1, 0.15) is 31.7 Å². The molecule has 1 N–H and O–H groups in total. The van der Waals surface area contributed by atoms with Crippen LogP contribution in [0.4, 0.5) is 0 Å². The van der Waals surface area contributed by atoms with Crippen molar-refractivity contribution in [3.05, 3.63) is 34.3 Å². The zero-order valence-electron chi connectivity index (χ0n) is 12.5. The van der Waals surface area contributed by atoms with E-state index in [1.165, 1.54) is 0 Å². The third-order valence-corrected chi connectivity index (χ3v) is 4.52. The summed E-state index contributed by atoms with van der Waals surface area (Å²) in [5.74, 6) is 0. The summed E-state index contributed by atoms with van der Waals surface area (Å²) in [5.41, 5.74) is 0.309. The minimum absolute atomic E-state index is 0. The Labute approximate surface area is 142 Å². The fourth-order valence-electron chi connectivity index (χ4n) is 2.76. The molecule has 1 aliphatic heterocycles. The van der Waals surface area contributed by atoms with Crippen molar-refractivity contribution in [2.45, 2.75) is 31.8 Å². The lowest BCUT2D eigenvalue weighted by molar-refractivity contribution is -0.0103. The first-order valence-electron chi connectivity index (χ1n) is 7.42. The molecule has 1 fully saturated rings. The molecule has 0 radical (unpaired) electrons. The molecule has 5 heteroatoms. The zero-order valence-corrected chi connectivity index (χ0v) is 14.9. The number of morpholine rings is 1. The second-order valence-corrected chi connectivity index (χ2v) is 6.41. The monoisotopic (exact) mass is 376 g/mol. The van der Waals surface area contributed by atoms with Crippen molar-refractivity contribution >= 4 is 15.9 Å². The SMILES string of the molecule is CCCC(O)(CCN1CCOCC1)c1ccc(Br)cc1.[Cl-]. The number of nitrogens with zero attached hydrogens (tertiary/aromatic N) is 1. The summed E-state index contributed by atoms with van der Waals surface area (Å²) in [4.78, 5) is 2.38. The van der Waals surface area contributed by atoms with E-state index in [2.05, 4.69) is 27.8 Å². The Kier molecular flexibility index (Phi) is 8.21. The highest BCUT2D eigenvalue weighted by Crippen LogP contribution is 2.31. The Balaban J connectivity index is 0.00000220. The molecule has 1 aliphatic rings. The van der Waals surface area contributed by atoms with E-state index in [0.29, 0.717) is 0 Å². The van der Waals surface area contributed by atoms with E-state index >= 15 is 0 Å². The van der Waals surface area contributed by atoms with Crippen molar-refractivity contribution in [3.8, 4) is 0 Å². The van der Waals surface area contributed by atoms with Gasteiger partial charge in [-0.25, -0.2) is 0 Å². The molecule has 2 rings (SSSR count). The van der Waals surface area contributed by atoms with Gasteiger partial charge in [-0.15, -0.1) is 0 Å². The molecule has 1 saturated heterocycles. The van der Waals surface area contributed by atoms with E-state index in [1.807, 2.05) is 24.3 Å². The fraction of sp³-hybridized carbons (Fsp3) is 0.625. The quantitative estimate of drug-likeness (QED) is 0.767. The summed E-state index contributed by atoms with van der Waals surface area (Å²) in [5, 5.41) is 11.0. The van der Waals surface area contributed by atoms with Crippen molar-refractivity contribution in [1.29, 1.82) is 0 Å². The van der Waals surface area contributed by atoms with Crippen molar-refractivity contribution in [2.24, 2.45) is 0 Å². The molecule has 0 aromatic heterocycles.